The van der Waals surface area contributed by atoms with Gasteiger partial charge in [0.25, 0.3) is 5.91 Å². The van der Waals surface area contributed by atoms with Crippen LogP contribution in [0.25, 0.3) is 6.08 Å². The molecule has 0 bridgehead atoms. The topological polar surface area (TPSA) is 74.7 Å². The molecule has 1 aromatic rings. The summed E-state index contributed by atoms with van der Waals surface area (Å²) >= 11 is 0. The smallest absolute Gasteiger partial charge is 0.258 e. The first-order chi connectivity index (χ1) is 15.5. The van der Waals surface area contributed by atoms with Crippen molar-refractivity contribution in [3.05, 3.63) is 103 Å². The highest BCUT2D eigenvalue weighted by Crippen LogP contribution is 2.20. The summed E-state index contributed by atoms with van der Waals surface area (Å²) < 4.78 is 0. The van der Waals surface area contributed by atoms with Crippen LogP contribution in [0.15, 0.2) is 102 Å². The van der Waals surface area contributed by atoms with Crippen molar-refractivity contribution < 1.29 is 9.59 Å². The maximum atomic E-state index is 12.6. The SMILES string of the molecule is C=C/C=C(\C=C)C1=CCCN(C(=O)/C=C/c2ccc(NC(=O)/C(C=C)=C/N=C)nc2)CC1. The Hall–Kier alpha value is -4.06. The molecule has 0 unspecified atom stereocenters. The molecular weight excluding hydrogens is 400 g/mol. The second kappa shape index (κ2) is 12.6. The normalized spacial score (nSPS) is 14.9. The van der Waals surface area contributed by atoms with E-state index in [9.17, 15) is 9.59 Å². The molecule has 0 radical (unpaired) electrons. The van der Waals surface area contributed by atoms with Gasteiger partial charge in [-0.3, -0.25) is 14.6 Å². The maximum Gasteiger partial charge on any atom is 0.258 e. The Morgan fingerprint density at radius 2 is 1.97 bits per heavy atom. The van der Waals surface area contributed by atoms with Gasteiger partial charge in [-0.25, -0.2) is 4.98 Å². The molecule has 0 saturated heterocycles. The van der Waals surface area contributed by atoms with Crippen LogP contribution in [0.3, 0.4) is 0 Å². The van der Waals surface area contributed by atoms with Gasteiger partial charge in [0, 0.05) is 31.6 Å². The summed E-state index contributed by atoms with van der Waals surface area (Å²) in [4.78, 5) is 34.3. The minimum atomic E-state index is -0.380. The van der Waals surface area contributed by atoms with Crippen LogP contribution in [0.4, 0.5) is 5.82 Å². The Balaban J connectivity index is 1.96. The lowest BCUT2D eigenvalue weighted by Crippen LogP contribution is -2.30. The van der Waals surface area contributed by atoms with Gasteiger partial charge in [0.05, 0.1) is 5.57 Å². The molecule has 2 rings (SSSR count). The largest absolute Gasteiger partial charge is 0.339 e. The number of anilines is 1. The lowest BCUT2D eigenvalue weighted by Gasteiger charge is -2.18. The van der Waals surface area contributed by atoms with Gasteiger partial charge in [-0.05, 0) is 54.5 Å². The molecule has 2 heterocycles. The molecule has 32 heavy (non-hydrogen) atoms. The van der Waals surface area contributed by atoms with Crippen LogP contribution in [-0.4, -0.2) is 41.5 Å². The maximum absolute atomic E-state index is 12.6. The van der Waals surface area contributed by atoms with Gasteiger partial charge < -0.3 is 10.2 Å². The number of rotatable bonds is 9. The molecule has 0 atom stereocenters. The van der Waals surface area contributed by atoms with Crippen LogP contribution in [0.2, 0.25) is 0 Å². The van der Waals surface area contributed by atoms with Crippen LogP contribution in [0.1, 0.15) is 18.4 Å². The molecule has 6 heteroatoms. The van der Waals surface area contributed by atoms with E-state index in [4.69, 9.17) is 0 Å². The summed E-state index contributed by atoms with van der Waals surface area (Å²) in [5.41, 5.74) is 3.26. The Kier molecular flexibility index (Phi) is 9.53. The van der Waals surface area contributed by atoms with Crippen molar-refractivity contribution in [2.45, 2.75) is 12.8 Å². The standard InChI is InChI=1S/C26H28N4O2/c1-5-9-21(6-2)23-10-8-16-30(17-15-23)25(31)14-12-20-11-13-24(28-18-20)29-26(32)22(7-3)19-27-4/h5-7,9-14,18-19H,1-4,8,15-17H2,(H,28,29,32)/b14-12+,21-9+,22-19+. The molecule has 1 aliphatic heterocycles. The Bertz CT molecular complexity index is 1010. The van der Waals surface area contributed by atoms with Gasteiger partial charge in [0.2, 0.25) is 5.91 Å². The van der Waals surface area contributed by atoms with E-state index in [1.54, 1.807) is 36.6 Å². The predicted octanol–water partition coefficient (Wildman–Crippen LogP) is 4.65. The van der Waals surface area contributed by atoms with E-state index in [1.165, 1.54) is 17.8 Å². The molecule has 2 amide bonds. The third kappa shape index (κ3) is 7.02. The molecule has 1 N–H and O–H groups in total. The first-order valence-electron chi connectivity index (χ1n) is 10.2. The molecule has 1 aromatic heterocycles. The van der Waals surface area contributed by atoms with Gasteiger partial charge in [-0.2, -0.15) is 0 Å². The molecular formula is C26H28N4O2. The van der Waals surface area contributed by atoms with Crippen molar-refractivity contribution in [1.82, 2.24) is 9.88 Å². The van der Waals surface area contributed by atoms with E-state index in [0.717, 1.165) is 24.0 Å². The van der Waals surface area contributed by atoms with Crippen molar-refractivity contribution in [2.75, 3.05) is 18.4 Å². The van der Waals surface area contributed by atoms with Crippen molar-refractivity contribution in [3.8, 4) is 0 Å². The highest BCUT2D eigenvalue weighted by Gasteiger charge is 2.15. The van der Waals surface area contributed by atoms with Crippen molar-refractivity contribution >= 4 is 30.4 Å². The van der Waals surface area contributed by atoms with Crippen LogP contribution < -0.4 is 5.32 Å². The minimum absolute atomic E-state index is 0.0532. The number of carbonyl (C=O) groups excluding carboxylic acids is 2. The number of hydrogen-bond acceptors (Lipinski definition) is 4. The Morgan fingerprint density at radius 1 is 1.16 bits per heavy atom. The number of nitrogens with one attached hydrogen (secondary N) is 1. The predicted molar refractivity (Wildman–Crippen MR) is 132 cm³/mol. The third-order valence-electron chi connectivity index (χ3n) is 4.80. The highest BCUT2D eigenvalue weighted by atomic mass is 16.2. The molecule has 0 saturated carbocycles. The lowest BCUT2D eigenvalue weighted by atomic mass is 10.0. The fraction of sp³-hybridized carbons (Fsp3) is 0.154. The van der Waals surface area contributed by atoms with E-state index >= 15 is 0 Å². The molecule has 6 nitrogen and oxygen atoms in total. The molecule has 0 aliphatic carbocycles. The molecule has 1 aliphatic rings. The molecule has 0 fully saturated rings. The summed E-state index contributed by atoms with van der Waals surface area (Å²) in [5, 5.41) is 2.66. The number of nitrogens with zero attached hydrogens (tertiary/aromatic N) is 3. The summed E-state index contributed by atoms with van der Waals surface area (Å²) in [5.74, 6) is -0.0513. The summed E-state index contributed by atoms with van der Waals surface area (Å²) in [7, 11) is 0. The molecule has 0 spiro atoms. The lowest BCUT2D eigenvalue weighted by molar-refractivity contribution is -0.125. The minimum Gasteiger partial charge on any atom is -0.339 e. The van der Waals surface area contributed by atoms with Gasteiger partial charge >= 0.3 is 0 Å². The van der Waals surface area contributed by atoms with E-state index in [-0.39, 0.29) is 17.4 Å². The molecule has 164 valence electrons. The van der Waals surface area contributed by atoms with Gasteiger partial charge in [0.15, 0.2) is 0 Å². The van der Waals surface area contributed by atoms with E-state index in [1.807, 2.05) is 17.1 Å². The Labute approximate surface area is 189 Å². The van der Waals surface area contributed by atoms with E-state index in [0.29, 0.717) is 18.9 Å². The molecule has 0 aromatic carbocycles. The number of allylic oxidation sites excluding steroid dienone is 4. The van der Waals surface area contributed by atoms with E-state index < -0.39 is 0 Å². The number of hydrogen-bond donors (Lipinski definition) is 1. The van der Waals surface area contributed by atoms with Gasteiger partial charge in [-0.1, -0.05) is 50.1 Å². The quantitative estimate of drug-likeness (QED) is 0.353. The van der Waals surface area contributed by atoms with E-state index in [2.05, 4.69) is 47.8 Å². The zero-order chi connectivity index (χ0) is 23.3. The zero-order valence-corrected chi connectivity index (χ0v) is 18.2. The highest BCUT2D eigenvalue weighted by molar-refractivity contribution is 6.05. The van der Waals surface area contributed by atoms with Crippen molar-refractivity contribution in [3.63, 3.8) is 0 Å². The zero-order valence-electron chi connectivity index (χ0n) is 18.2. The average Bonchev–Trinajstić information content (AvgIpc) is 3.06. The Morgan fingerprint density at radius 3 is 2.59 bits per heavy atom. The monoisotopic (exact) mass is 428 g/mol. The summed E-state index contributed by atoms with van der Waals surface area (Å²) in [6, 6.07) is 3.43. The van der Waals surface area contributed by atoms with Crippen LogP contribution in [-0.2, 0) is 9.59 Å². The fourth-order valence-corrected chi connectivity index (χ4v) is 3.12. The number of amides is 2. The summed E-state index contributed by atoms with van der Waals surface area (Å²) in [6.07, 6.45) is 16.7. The number of carbonyl (C=O) groups is 2. The first-order valence-corrected chi connectivity index (χ1v) is 10.2. The number of aliphatic imine (C=N–C) groups is 1. The fourth-order valence-electron chi connectivity index (χ4n) is 3.12. The van der Waals surface area contributed by atoms with Crippen molar-refractivity contribution in [1.29, 1.82) is 0 Å². The van der Waals surface area contributed by atoms with Crippen LogP contribution in [0.5, 0.6) is 0 Å². The number of aromatic nitrogens is 1. The van der Waals surface area contributed by atoms with Crippen molar-refractivity contribution in [2.24, 2.45) is 4.99 Å². The number of pyridine rings is 1. The van der Waals surface area contributed by atoms with Crippen LogP contribution >= 0.6 is 0 Å². The average molecular weight is 429 g/mol. The van der Waals surface area contributed by atoms with Gasteiger partial charge in [0.1, 0.15) is 5.82 Å². The van der Waals surface area contributed by atoms with Crippen LogP contribution in [0, 0.1) is 0 Å². The second-order valence-electron chi connectivity index (χ2n) is 6.89. The second-order valence-corrected chi connectivity index (χ2v) is 6.89. The first kappa shape index (κ1) is 24.2. The van der Waals surface area contributed by atoms with Gasteiger partial charge in [-0.15, -0.1) is 0 Å². The summed E-state index contributed by atoms with van der Waals surface area (Å²) in [6.45, 7) is 15.8. The third-order valence-corrected chi connectivity index (χ3v) is 4.80.